The van der Waals surface area contributed by atoms with Crippen LogP contribution >= 0.6 is 0 Å². The summed E-state index contributed by atoms with van der Waals surface area (Å²) < 4.78 is 41.5. The van der Waals surface area contributed by atoms with Crippen molar-refractivity contribution in [3.8, 4) is 6.07 Å². The predicted octanol–water partition coefficient (Wildman–Crippen LogP) is 3.80. The lowest BCUT2D eigenvalue weighted by Gasteiger charge is -2.35. The Bertz CT molecular complexity index is 1330. The number of fused-ring (bicyclic) bond motifs is 2. The SMILES string of the molecule is Cc1cccn2nc([C@H]3c4nc[nH]c4CCN3c3ccc(C(F)(F)F)c(C#N)n3)cc12. The van der Waals surface area contributed by atoms with E-state index in [4.69, 9.17) is 5.10 Å². The third-order valence-electron chi connectivity index (χ3n) is 5.52. The Morgan fingerprint density at radius 2 is 2.10 bits per heavy atom. The van der Waals surface area contributed by atoms with Crippen molar-refractivity contribution in [2.24, 2.45) is 0 Å². The number of rotatable bonds is 2. The topological polar surface area (TPSA) is 85.9 Å². The molecule has 10 heteroatoms. The highest BCUT2D eigenvalue weighted by molar-refractivity contribution is 5.58. The van der Waals surface area contributed by atoms with E-state index in [2.05, 4.69) is 15.0 Å². The minimum atomic E-state index is -4.65. The van der Waals surface area contributed by atoms with Crippen molar-refractivity contribution in [3.05, 3.63) is 76.8 Å². The highest BCUT2D eigenvalue weighted by Crippen LogP contribution is 2.38. The van der Waals surface area contributed by atoms with E-state index in [1.807, 2.05) is 36.2 Å². The quantitative estimate of drug-likeness (QED) is 0.530. The first-order valence-corrected chi connectivity index (χ1v) is 9.59. The van der Waals surface area contributed by atoms with E-state index in [0.29, 0.717) is 18.7 Å². The number of hydrogen-bond donors (Lipinski definition) is 1. The lowest BCUT2D eigenvalue weighted by Crippen LogP contribution is -2.37. The van der Waals surface area contributed by atoms with Crippen molar-refractivity contribution < 1.29 is 13.2 Å². The first kappa shape index (κ1) is 19.1. The first-order chi connectivity index (χ1) is 14.9. The van der Waals surface area contributed by atoms with Crippen LogP contribution in [0.5, 0.6) is 0 Å². The molecule has 0 bridgehead atoms. The Morgan fingerprint density at radius 1 is 1.26 bits per heavy atom. The summed E-state index contributed by atoms with van der Waals surface area (Å²) in [6.45, 7) is 2.46. The van der Waals surface area contributed by atoms with Crippen molar-refractivity contribution in [1.29, 1.82) is 5.26 Å². The Morgan fingerprint density at radius 3 is 2.84 bits per heavy atom. The monoisotopic (exact) mass is 423 g/mol. The maximum Gasteiger partial charge on any atom is 0.419 e. The number of halogens is 3. The minimum Gasteiger partial charge on any atom is -0.348 e. The van der Waals surface area contributed by atoms with E-state index in [1.54, 1.807) is 16.9 Å². The number of aryl methyl sites for hydroxylation is 1. The van der Waals surface area contributed by atoms with Crippen LogP contribution in [0.15, 0.2) is 42.9 Å². The predicted molar refractivity (Wildman–Crippen MR) is 105 cm³/mol. The molecular formula is C21H16F3N7. The van der Waals surface area contributed by atoms with Gasteiger partial charge in [-0.15, -0.1) is 0 Å². The number of aromatic nitrogens is 5. The molecular weight excluding hydrogens is 407 g/mol. The average molecular weight is 423 g/mol. The van der Waals surface area contributed by atoms with Gasteiger partial charge in [-0.05, 0) is 36.8 Å². The fourth-order valence-electron chi connectivity index (χ4n) is 4.06. The van der Waals surface area contributed by atoms with Gasteiger partial charge in [0.1, 0.15) is 17.9 Å². The second kappa shape index (κ2) is 6.84. The molecule has 0 aliphatic carbocycles. The van der Waals surface area contributed by atoms with Crippen molar-refractivity contribution >= 4 is 11.3 Å². The summed E-state index contributed by atoms with van der Waals surface area (Å²) in [5.74, 6) is 0.275. The molecule has 31 heavy (non-hydrogen) atoms. The summed E-state index contributed by atoms with van der Waals surface area (Å²) in [5.41, 5.74) is 2.67. The summed E-state index contributed by atoms with van der Waals surface area (Å²) in [5, 5.41) is 14.0. The molecule has 0 saturated heterocycles. The zero-order chi connectivity index (χ0) is 21.8. The van der Waals surface area contributed by atoms with Crippen molar-refractivity contribution in [2.75, 3.05) is 11.4 Å². The van der Waals surface area contributed by atoms with Crippen LogP contribution < -0.4 is 4.90 Å². The lowest BCUT2D eigenvalue weighted by molar-refractivity contribution is -0.138. The van der Waals surface area contributed by atoms with E-state index in [0.717, 1.165) is 28.5 Å². The van der Waals surface area contributed by atoms with Gasteiger partial charge < -0.3 is 9.88 Å². The highest BCUT2D eigenvalue weighted by atomic mass is 19.4. The number of nitrogens with zero attached hydrogens (tertiary/aromatic N) is 6. The number of pyridine rings is 2. The van der Waals surface area contributed by atoms with Gasteiger partial charge in [-0.2, -0.15) is 23.5 Å². The molecule has 5 rings (SSSR count). The smallest absolute Gasteiger partial charge is 0.348 e. The van der Waals surface area contributed by atoms with Gasteiger partial charge in [-0.3, -0.25) is 0 Å². The van der Waals surface area contributed by atoms with Gasteiger partial charge in [0.15, 0.2) is 5.69 Å². The summed E-state index contributed by atoms with van der Waals surface area (Å²) in [4.78, 5) is 13.5. The van der Waals surface area contributed by atoms with Gasteiger partial charge in [-0.25, -0.2) is 14.5 Å². The summed E-state index contributed by atoms with van der Waals surface area (Å²) in [6, 6.07) is 9.17. The molecule has 0 unspecified atom stereocenters. The third kappa shape index (κ3) is 3.09. The van der Waals surface area contributed by atoms with E-state index in [1.165, 1.54) is 6.07 Å². The molecule has 1 N–H and O–H groups in total. The number of hydrogen-bond acceptors (Lipinski definition) is 5. The van der Waals surface area contributed by atoms with E-state index in [9.17, 15) is 18.4 Å². The van der Waals surface area contributed by atoms with Crippen LogP contribution in [0.3, 0.4) is 0 Å². The maximum atomic E-state index is 13.2. The van der Waals surface area contributed by atoms with Crippen LogP contribution in [0.25, 0.3) is 5.52 Å². The van der Waals surface area contributed by atoms with E-state index in [-0.39, 0.29) is 5.82 Å². The molecule has 0 radical (unpaired) electrons. The van der Waals surface area contributed by atoms with Gasteiger partial charge in [-0.1, -0.05) is 6.07 Å². The van der Waals surface area contributed by atoms with Crippen molar-refractivity contribution in [2.45, 2.75) is 25.6 Å². The maximum absolute atomic E-state index is 13.2. The molecule has 1 aliphatic rings. The second-order valence-corrected chi connectivity index (χ2v) is 7.38. The van der Waals surface area contributed by atoms with Crippen LogP contribution in [-0.2, 0) is 12.6 Å². The first-order valence-electron chi connectivity index (χ1n) is 9.59. The zero-order valence-corrected chi connectivity index (χ0v) is 16.4. The molecule has 7 nitrogen and oxygen atoms in total. The fraction of sp³-hybridized carbons (Fsp3) is 0.238. The van der Waals surface area contributed by atoms with Gasteiger partial charge in [0.05, 0.1) is 28.8 Å². The van der Waals surface area contributed by atoms with Crippen LogP contribution in [-0.4, -0.2) is 31.1 Å². The summed E-state index contributed by atoms with van der Waals surface area (Å²) >= 11 is 0. The molecule has 0 amide bonds. The summed E-state index contributed by atoms with van der Waals surface area (Å²) in [6.07, 6.45) is -0.590. The van der Waals surface area contributed by atoms with Crippen LogP contribution in [0.4, 0.5) is 19.0 Å². The Kier molecular flexibility index (Phi) is 4.22. The number of alkyl halides is 3. The molecule has 4 aromatic rings. The number of nitriles is 1. The highest BCUT2D eigenvalue weighted by Gasteiger charge is 2.37. The molecule has 1 atom stereocenters. The largest absolute Gasteiger partial charge is 0.419 e. The van der Waals surface area contributed by atoms with Gasteiger partial charge in [0, 0.05) is 24.9 Å². The Balaban J connectivity index is 1.66. The third-order valence-corrected chi connectivity index (χ3v) is 5.52. The van der Waals surface area contributed by atoms with Crippen molar-refractivity contribution in [3.63, 3.8) is 0 Å². The molecule has 4 aromatic heterocycles. The van der Waals surface area contributed by atoms with Gasteiger partial charge in [0.25, 0.3) is 0 Å². The van der Waals surface area contributed by atoms with Gasteiger partial charge in [0.2, 0.25) is 0 Å². The number of imidazole rings is 1. The molecule has 0 aromatic carbocycles. The molecule has 1 aliphatic heterocycles. The lowest BCUT2D eigenvalue weighted by atomic mass is 9.99. The molecule has 156 valence electrons. The molecule has 0 fully saturated rings. The average Bonchev–Trinajstić information content (AvgIpc) is 3.39. The van der Waals surface area contributed by atoms with Gasteiger partial charge >= 0.3 is 6.18 Å². The van der Waals surface area contributed by atoms with Crippen LogP contribution in [0.1, 0.15) is 39.9 Å². The van der Waals surface area contributed by atoms with Crippen LogP contribution in [0.2, 0.25) is 0 Å². The molecule has 0 saturated carbocycles. The van der Waals surface area contributed by atoms with E-state index < -0.39 is 23.5 Å². The number of aromatic amines is 1. The number of H-pyrrole nitrogens is 1. The number of nitrogens with one attached hydrogen (secondary N) is 1. The Hall–Kier alpha value is -3.87. The normalized spacial score (nSPS) is 16.4. The summed E-state index contributed by atoms with van der Waals surface area (Å²) in [7, 11) is 0. The number of anilines is 1. The second-order valence-electron chi connectivity index (χ2n) is 7.38. The van der Waals surface area contributed by atoms with Crippen LogP contribution in [0, 0.1) is 18.3 Å². The van der Waals surface area contributed by atoms with E-state index >= 15 is 0 Å². The molecule has 0 spiro atoms. The minimum absolute atomic E-state index is 0.275. The standard InChI is InChI=1S/C21H16F3N7/c1-12-3-2-7-31-17(12)9-15(29-31)20-19-14(26-11-27-19)6-8-30(20)18-5-4-13(21(22,23)24)16(10-25)28-18/h2-5,7,9,11,20H,6,8H2,1H3,(H,26,27)/t20-/m0/s1. The fourth-order valence-corrected chi connectivity index (χ4v) is 4.06. The van der Waals surface area contributed by atoms with Crippen molar-refractivity contribution in [1.82, 2.24) is 24.6 Å². The Labute approximate surface area is 174 Å². The zero-order valence-electron chi connectivity index (χ0n) is 16.4. The molecule has 5 heterocycles.